The second kappa shape index (κ2) is 8.81. The van der Waals surface area contributed by atoms with Crippen molar-refractivity contribution in [1.29, 1.82) is 0 Å². The Balaban J connectivity index is 0.00000208. The maximum Gasteiger partial charge on any atom is 0.240 e. The third-order valence-corrected chi connectivity index (χ3v) is 4.26. The lowest BCUT2D eigenvalue weighted by Gasteiger charge is -2.35. The molecule has 0 aliphatic carbocycles. The van der Waals surface area contributed by atoms with Crippen LogP contribution in [0.25, 0.3) is 0 Å². The van der Waals surface area contributed by atoms with Gasteiger partial charge in [-0.15, -0.1) is 12.4 Å². The lowest BCUT2D eigenvalue weighted by atomic mass is 10.0. The SMILES string of the molecule is CC(C)Cc1noc(CN2CCNCC2c2cccc(Cl)c2)n1.Cl. The van der Waals surface area contributed by atoms with E-state index in [2.05, 4.69) is 40.3 Å². The predicted octanol–water partition coefficient (Wildman–Crippen LogP) is 3.49. The average Bonchev–Trinajstić information content (AvgIpc) is 2.94. The van der Waals surface area contributed by atoms with Gasteiger partial charge < -0.3 is 9.84 Å². The first-order valence-electron chi connectivity index (χ1n) is 8.13. The summed E-state index contributed by atoms with van der Waals surface area (Å²) in [6.45, 7) is 7.78. The third kappa shape index (κ3) is 4.93. The molecule has 24 heavy (non-hydrogen) atoms. The molecule has 1 saturated heterocycles. The number of aromatic nitrogens is 2. The Kier molecular flexibility index (Phi) is 7.04. The lowest BCUT2D eigenvalue weighted by Crippen LogP contribution is -2.45. The number of piperazine rings is 1. The lowest BCUT2D eigenvalue weighted by molar-refractivity contribution is 0.135. The summed E-state index contributed by atoms with van der Waals surface area (Å²) in [5.74, 6) is 2.01. The van der Waals surface area contributed by atoms with Gasteiger partial charge >= 0.3 is 0 Å². The standard InChI is InChI=1S/C17H23ClN4O.ClH/c1-12(2)8-16-20-17(23-21-16)11-22-7-6-19-10-15(22)13-4-3-5-14(18)9-13;/h3-5,9,12,15,19H,6-8,10-11H2,1-2H3;1H. The molecule has 0 spiro atoms. The zero-order valence-corrected chi connectivity index (χ0v) is 15.6. The van der Waals surface area contributed by atoms with E-state index in [1.165, 1.54) is 5.56 Å². The van der Waals surface area contributed by atoms with Gasteiger partial charge in [-0.25, -0.2) is 0 Å². The van der Waals surface area contributed by atoms with Crippen LogP contribution in [0.5, 0.6) is 0 Å². The first-order valence-corrected chi connectivity index (χ1v) is 8.51. The van der Waals surface area contributed by atoms with Crippen LogP contribution < -0.4 is 5.32 Å². The molecular weight excluding hydrogens is 347 g/mol. The molecule has 0 amide bonds. The van der Waals surface area contributed by atoms with Crippen LogP contribution in [0.4, 0.5) is 0 Å². The van der Waals surface area contributed by atoms with E-state index in [-0.39, 0.29) is 18.4 Å². The number of hydrogen-bond acceptors (Lipinski definition) is 5. The van der Waals surface area contributed by atoms with Gasteiger partial charge in [0, 0.05) is 37.1 Å². The number of benzene rings is 1. The zero-order chi connectivity index (χ0) is 16.2. The van der Waals surface area contributed by atoms with Gasteiger partial charge in [-0.05, 0) is 23.6 Å². The molecule has 2 heterocycles. The summed E-state index contributed by atoms with van der Waals surface area (Å²) in [6.07, 6.45) is 0.850. The highest BCUT2D eigenvalue weighted by molar-refractivity contribution is 6.30. The van der Waals surface area contributed by atoms with E-state index in [1.807, 2.05) is 18.2 Å². The van der Waals surface area contributed by atoms with Gasteiger partial charge in [-0.1, -0.05) is 42.7 Å². The van der Waals surface area contributed by atoms with E-state index in [0.29, 0.717) is 18.4 Å². The Labute approximate surface area is 154 Å². The van der Waals surface area contributed by atoms with Crippen LogP contribution in [-0.4, -0.2) is 34.7 Å². The van der Waals surface area contributed by atoms with Gasteiger partial charge in [0.25, 0.3) is 0 Å². The van der Waals surface area contributed by atoms with Gasteiger partial charge in [0.15, 0.2) is 5.82 Å². The Bertz CT molecular complexity index is 647. The van der Waals surface area contributed by atoms with Gasteiger partial charge in [0.05, 0.1) is 6.54 Å². The summed E-state index contributed by atoms with van der Waals surface area (Å²) in [6, 6.07) is 8.32. The highest BCUT2D eigenvalue weighted by Gasteiger charge is 2.25. The summed E-state index contributed by atoms with van der Waals surface area (Å²) < 4.78 is 5.43. The Morgan fingerprint density at radius 3 is 3.00 bits per heavy atom. The summed E-state index contributed by atoms with van der Waals surface area (Å²) in [4.78, 5) is 6.89. The van der Waals surface area contributed by atoms with E-state index in [9.17, 15) is 0 Å². The summed E-state index contributed by atoms with van der Waals surface area (Å²) >= 11 is 6.14. The molecule has 1 N–H and O–H groups in total. The van der Waals surface area contributed by atoms with E-state index in [4.69, 9.17) is 16.1 Å². The smallest absolute Gasteiger partial charge is 0.240 e. The minimum atomic E-state index is 0. The van der Waals surface area contributed by atoms with Crippen molar-refractivity contribution >= 4 is 24.0 Å². The fourth-order valence-corrected chi connectivity index (χ4v) is 3.15. The normalized spacial score (nSPS) is 18.6. The quantitative estimate of drug-likeness (QED) is 0.872. The van der Waals surface area contributed by atoms with Gasteiger partial charge in [0.1, 0.15) is 0 Å². The minimum Gasteiger partial charge on any atom is -0.338 e. The van der Waals surface area contributed by atoms with E-state index in [0.717, 1.165) is 36.9 Å². The third-order valence-electron chi connectivity index (χ3n) is 4.03. The predicted molar refractivity (Wildman–Crippen MR) is 97.6 cm³/mol. The van der Waals surface area contributed by atoms with Crippen LogP contribution in [-0.2, 0) is 13.0 Å². The molecule has 1 aliphatic rings. The van der Waals surface area contributed by atoms with Gasteiger partial charge in [-0.2, -0.15) is 4.98 Å². The second-order valence-electron chi connectivity index (χ2n) is 6.45. The van der Waals surface area contributed by atoms with Crippen molar-refractivity contribution < 1.29 is 4.52 Å². The van der Waals surface area contributed by atoms with Crippen LogP contribution in [0.15, 0.2) is 28.8 Å². The number of nitrogens with one attached hydrogen (secondary N) is 1. The molecule has 1 aromatic heterocycles. The molecule has 3 rings (SSSR count). The average molecular weight is 371 g/mol. The second-order valence-corrected chi connectivity index (χ2v) is 6.88. The molecule has 0 saturated carbocycles. The molecule has 1 aliphatic heterocycles. The Hall–Kier alpha value is -1.14. The van der Waals surface area contributed by atoms with E-state index >= 15 is 0 Å². The molecule has 1 fully saturated rings. The van der Waals surface area contributed by atoms with Crippen LogP contribution in [0.1, 0.15) is 37.2 Å². The topological polar surface area (TPSA) is 54.2 Å². The molecule has 7 heteroatoms. The van der Waals surface area contributed by atoms with E-state index in [1.54, 1.807) is 0 Å². The fourth-order valence-electron chi connectivity index (χ4n) is 2.95. The molecule has 0 bridgehead atoms. The minimum absolute atomic E-state index is 0. The van der Waals surface area contributed by atoms with Gasteiger partial charge in [0.2, 0.25) is 5.89 Å². The van der Waals surface area contributed by atoms with Crippen molar-refractivity contribution in [2.24, 2.45) is 5.92 Å². The van der Waals surface area contributed by atoms with Crippen molar-refractivity contribution in [3.8, 4) is 0 Å². The number of halogens is 2. The number of nitrogens with zero attached hydrogens (tertiary/aromatic N) is 3. The van der Waals surface area contributed by atoms with Crippen LogP contribution in [0, 0.1) is 5.92 Å². The maximum absolute atomic E-state index is 6.14. The van der Waals surface area contributed by atoms with Crippen molar-refractivity contribution in [1.82, 2.24) is 20.4 Å². The first kappa shape index (κ1) is 19.2. The number of hydrogen-bond donors (Lipinski definition) is 1. The van der Waals surface area contributed by atoms with Crippen LogP contribution >= 0.6 is 24.0 Å². The summed E-state index contributed by atoms with van der Waals surface area (Å²) in [7, 11) is 0. The molecule has 5 nitrogen and oxygen atoms in total. The Morgan fingerprint density at radius 1 is 1.42 bits per heavy atom. The monoisotopic (exact) mass is 370 g/mol. The van der Waals surface area contributed by atoms with Crippen LogP contribution in [0.2, 0.25) is 5.02 Å². The van der Waals surface area contributed by atoms with Crippen LogP contribution in [0.3, 0.4) is 0 Å². The molecule has 1 unspecified atom stereocenters. The van der Waals surface area contributed by atoms with Crippen molar-refractivity contribution in [2.75, 3.05) is 19.6 Å². The molecular formula is C17H24Cl2N4O. The molecule has 2 aromatic rings. The largest absolute Gasteiger partial charge is 0.338 e. The number of rotatable bonds is 5. The highest BCUT2D eigenvalue weighted by atomic mass is 35.5. The summed E-state index contributed by atoms with van der Waals surface area (Å²) in [5.41, 5.74) is 1.21. The van der Waals surface area contributed by atoms with Crippen molar-refractivity contribution in [2.45, 2.75) is 32.9 Å². The molecule has 1 atom stereocenters. The highest BCUT2D eigenvalue weighted by Crippen LogP contribution is 2.26. The molecule has 132 valence electrons. The first-order chi connectivity index (χ1) is 11.1. The fraction of sp³-hybridized carbons (Fsp3) is 0.529. The van der Waals surface area contributed by atoms with Gasteiger partial charge in [-0.3, -0.25) is 4.90 Å². The van der Waals surface area contributed by atoms with Crippen molar-refractivity contribution in [3.05, 3.63) is 46.6 Å². The maximum atomic E-state index is 6.14. The Morgan fingerprint density at radius 2 is 2.25 bits per heavy atom. The van der Waals surface area contributed by atoms with E-state index < -0.39 is 0 Å². The summed E-state index contributed by atoms with van der Waals surface area (Å²) in [5, 5.41) is 8.30. The zero-order valence-electron chi connectivity index (χ0n) is 14.0. The molecule has 0 radical (unpaired) electrons. The molecule has 1 aromatic carbocycles. The van der Waals surface area contributed by atoms with Crippen molar-refractivity contribution in [3.63, 3.8) is 0 Å².